The van der Waals surface area contributed by atoms with Crippen LogP contribution in [0, 0.1) is 0 Å². The highest BCUT2D eigenvalue weighted by atomic mass is 35.5. The fourth-order valence-corrected chi connectivity index (χ4v) is 4.89. The van der Waals surface area contributed by atoms with Crippen LogP contribution < -0.4 is 4.90 Å². The van der Waals surface area contributed by atoms with Crippen LogP contribution in [0.15, 0.2) is 42.7 Å². The summed E-state index contributed by atoms with van der Waals surface area (Å²) in [5.41, 5.74) is 1.83. The van der Waals surface area contributed by atoms with Gasteiger partial charge in [-0.05, 0) is 50.8 Å². The molecule has 0 spiro atoms. The van der Waals surface area contributed by atoms with Gasteiger partial charge in [0, 0.05) is 48.7 Å². The van der Waals surface area contributed by atoms with Crippen molar-refractivity contribution < 1.29 is 9.53 Å². The Hall–Kier alpha value is -2.68. The van der Waals surface area contributed by atoms with Gasteiger partial charge in [-0.2, -0.15) is 0 Å². The van der Waals surface area contributed by atoms with Crippen LogP contribution in [0.2, 0.25) is 5.02 Å². The zero-order valence-electron chi connectivity index (χ0n) is 19.0. The van der Waals surface area contributed by atoms with Gasteiger partial charge in [0.25, 0.3) is 0 Å². The van der Waals surface area contributed by atoms with E-state index >= 15 is 0 Å². The van der Waals surface area contributed by atoms with Gasteiger partial charge >= 0.3 is 0 Å². The van der Waals surface area contributed by atoms with Crippen LogP contribution in [-0.4, -0.2) is 89.5 Å². The fraction of sp³-hybridized carbons (Fsp3) is 0.458. The first-order valence-corrected chi connectivity index (χ1v) is 11.8. The van der Waals surface area contributed by atoms with Gasteiger partial charge in [0.05, 0.1) is 36.7 Å². The summed E-state index contributed by atoms with van der Waals surface area (Å²) in [7, 11) is 4.15. The lowest BCUT2D eigenvalue weighted by Gasteiger charge is -2.36. The van der Waals surface area contributed by atoms with Crippen LogP contribution in [0.3, 0.4) is 0 Å². The third-order valence-electron chi connectivity index (χ3n) is 6.69. The second kappa shape index (κ2) is 9.29. The van der Waals surface area contributed by atoms with Crippen molar-refractivity contribution in [1.29, 1.82) is 0 Å². The van der Waals surface area contributed by atoms with Gasteiger partial charge in [0.2, 0.25) is 5.91 Å². The number of likely N-dealkylation sites (N-methyl/N-ethyl adjacent to an activating group) is 1. The van der Waals surface area contributed by atoms with Gasteiger partial charge in [0.15, 0.2) is 5.82 Å². The van der Waals surface area contributed by atoms with Crippen molar-refractivity contribution in [2.24, 2.45) is 0 Å². The number of likely N-dealkylation sites (tertiary alicyclic amines) is 1. The number of ether oxygens (including phenoxy) is 1. The number of nitrogens with zero attached hydrogens (tertiary/aromatic N) is 6. The Balaban J connectivity index is 1.43. The standard InChI is InChI=1S/C24H29ClN6O2/c1-28(2)19-8-10-29(15-19)23(32)13-20-16-33-12-11-30(20)24-21-7-9-26-14-22(21)31(27-24)18-5-3-17(25)4-6-18/h3-7,9,14,19-20H,8,10-13,15-16H2,1-2H3. The number of amides is 1. The molecule has 0 N–H and O–H groups in total. The Morgan fingerprint density at radius 1 is 1.21 bits per heavy atom. The molecule has 5 rings (SSSR count). The molecule has 3 aromatic rings. The lowest BCUT2D eigenvalue weighted by atomic mass is 10.1. The Morgan fingerprint density at radius 3 is 2.79 bits per heavy atom. The van der Waals surface area contributed by atoms with E-state index < -0.39 is 0 Å². The molecular weight excluding hydrogens is 440 g/mol. The molecule has 2 unspecified atom stereocenters. The Morgan fingerprint density at radius 2 is 2.03 bits per heavy atom. The number of aromatic nitrogens is 3. The SMILES string of the molecule is CN(C)C1CCN(C(=O)CC2COCCN2c2nn(-c3ccc(Cl)cc3)c3cnccc23)C1. The van der Waals surface area contributed by atoms with Crippen molar-refractivity contribution in [3.8, 4) is 5.69 Å². The molecule has 8 nitrogen and oxygen atoms in total. The Kier molecular flexibility index (Phi) is 6.23. The minimum atomic E-state index is -0.0606. The minimum absolute atomic E-state index is 0.0606. The summed E-state index contributed by atoms with van der Waals surface area (Å²) >= 11 is 6.09. The first-order valence-electron chi connectivity index (χ1n) is 11.4. The smallest absolute Gasteiger partial charge is 0.224 e. The summed E-state index contributed by atoms with van der Waals surface area (Å²) in [6.45, 7) is 3.41. The first-order chi connectivity index (χ1) is 16.0. The van der Waals surface area contributed by atoms with E-state index in [9.17, 15) is 4.79 Å². The Labute approximate surface area is 198 Å². The number of carbonyl (C=O) groups is 1. The van der Waals surface area contributed by atoms with Crippen molar-refractivity contribution >= 4 is 34.2 Å². The summed E-state index contributed by atoms with van der Waals surface area (Å²) in [6, 6.07) is 9.96. The van der Waals surface area contributed by atoms with Crippen LogP contribution in [-0.2, 0) is 9.53 Å². The van der Waals surface area contributed by atoms with Gasteiger partial charge in [-0.3, -0.25) is 9.78 Å². The maximum atomic E-state index is 13.2. The molecule has 33 heavy (non-hydrogen) atoms. The van der Waals surface area contributed by atoms with Crippen LogP contribution in [0.5, 0.6) is 0 Å². The number of halogens is 1. The van der Waals surface area contributed by atoms with Crippen LogP contribution in [0.25, 0.3) is 16.6 Å². The number of carbonyl (C=O) groups excluding carboxylic acids is 1. The van der Waals surface area contributed by atoms with E-state index in [1.807, 2.05) is 46.1 Å². The maximum Gasteiger partial charge on any atom is 0.224 e. The van der Waals surface area contributed by atoms with E-state index in [1.54, 1.807) is 6.20 Å². The largest absolute Gasteiger partial charge is 0.377 e. The van der Waals surface area contributed by atoms with Crippen LogP contribution >= 0.6 is 11.6 Å². The zero-order valence-corrected chi connectivity index (χ0v) is 19.8. The van der Waals surface area contributed by atoms with Crippen molar-refractivity contribution in [2.75, 3.05) is 51.8 Å². The highest BCUT2D eigenvalue weighted by Gasteiger charge is 2.33. The fourth-order valence-electron chi connectivity index (χ4n) is 4.76. The lowest BCUT2D eigenvalue weighted by molar-refractivity contribution is -0.131. The van der Waals surface area contributed by atoms with E-state index in [4.69, 9.17) is 21.4 Å². The predicted molar refractivity (Wildman–Crippen MR) is 129 cm³/mol. The van der Waals surface area contributed by atoms with E-state index in [-0.39, 0.29) is 11.9 Å². The molecule has 174 valence electrons. The summed E-state index contributed by atoms with van der Waals surface area (Å²) in [4.78, 5) is 23.9. The zero-order chi connectivity index (χ0) is 22.9. The van der Waals surface area contributed by atoms with Gasteiger partial charge in [0.1, 0.15) is 0 Å². The monoisotopic (exact) mass is 468 g/mol. The molecule has 2 atom stereocenters. The van der Waals surface area contributed by atoms with E-state index in [1.165, 1.54) is 0 Å². The van der Waals surface area contributed by atoms with Crippen molar-refractivity contribution in [1.82, 2.24) is 24.6 Å². The molecule has 1 amide bonds. The molecule has 2 aliphatic heterocycles. The maximum absolute atomic E-state index is 13.2. The molecule has 2 aliphatic rings. The van der Waals surface area contributed by atoms with Gasteiger partial charge < -0.3 is 19.4 Å². The van der Waals surface area contributed by atoms with Gasteiger partial charge in [-0.15, -0.1) is 5.10 Å². The average Bonchev–Trinajstić information content (AvgIpc) is 3.46. The molecule has 9 heteroatoms. The summed E-state index contributed by atoms with van der Waals surface area (Å²) < 4.78 is 7.68. The normalized spacial score (nSPS) is 21.3. The molecule has 0 saturated carbocycles. The number of anilines is 1. The lowest BCUT2D eigenvalue weighted by Crippen LogP contribution is -2.48. The number of morpholine rings is 1. The molecule has 2 saturated heterocycles. The molecule has 0 bridgehead atoms. The molecule has 2 fully saturated rings. The average molecular weight is 469 g/mol. The van der Waals surface area contributed by atoms with Crippen molar-refractivity contribution in [3.63, 3.8) is 0 Å². The summed E-state index contributed by atoms with van der Waals surface area (Å²) in [6.07, 6.45) is 5.05. The number of fused-ring (bicyclic) bond motifs is 1. The second-order valence-electron chi connectivity index (χ2n) is 8.98. The van der Waals surface area contributed by atoms with Gasteiger partial charge in [-0.1, -0.05) is 11.6 Å². The molecule has 0 radical (unpaired) electrons. The molecule has 2 aromatic heterocycles. The van der Waals surface area contributed by atoms with E-state index in [0.29, 0.717) is 37.2 Å². The topological polar surface area (TPSA) is 66.7 Å². The number of rotatable bonds is 5. The van der Waals surface area contributed by atoms with Crippen LogP contribution in [0.1, 0.15) is 12.8 Å². The highest BCUT2D eigenvalue weighted by molar-refractivity contribution is 6.30. The number of hydrogen-bond donors (Lipinski definition) is 0. The predicted octanol–water partition coefficient (Wildman–Crippen LogP) is 2.83. The molecule has 1 aromatic carbocycles. The molecule has 0 aliphatic carbocycles. The minimum Gasteiger partial charge on any atom is -0.377 e. The van der Waals surface area contributed by atoms with Crippen molar-refractivity contribution in [3.05, 3.63) is 47.7 Å². The van der Waals surface area contributed by atoms with Crippen molar-refractivity contribution in [2.45, 2.75) is 24.9 Å². The van der Waals surface area contributed by atoms with Crippen LogP contribution in [0.4, 0.5) is 5.82 Å². The first kappa shape index (κ1) is 22.1. The third-order valence-corrected chi connectivity index (χ3v) is 6.94. The summed E-state index contributed by atoms with van der Waals surface area (Å²) in [5, 5.41) is 6.66. The highest BCUT2D eigenvalue weighted by Crippen LogP contribution is 2.31. The van der Waals surface area contributed by atoms with E-state index in [0.717, 1.165) is 41.9 Å². The second-order valence-corrected chi connectivity index (χ2v) is 9.41. The molecular formula is C24H29ClN6O2. The Bertz CT molecular complexity index is 1130. The number of hydrogen-bond acceptors (Lipinski definition) is 6. The third kappa shape index (κ3) is 4.43. The van der Waals surface area contributed by atoms with E-state index in [2.05, 4.69) is 28.9 Å². The van der Waals surface area contributed by atoms with Gasteiger partial charge in [-0.25, -0.2) is 4.68 Å². The molecule has 4 heterocycles. The quantitative estimate of drug-likeness (QED) is 0.573. The number of benzene rings is 1. The summed E-state index contributed by atoms with van der Waals surface area (Å²) in [5.74, 6) is 1.04. The number of pyridine rings is 1.